The van der Waals surface area contributed by atoms with Gasteiger partial charge in [0.2, 0.25) is 0 Å². The van der Waals surface area contributed by atoms with E-state index in [4.69, 9.17) is 9.26 Å². The van der Waals surface area contributed by atoms with E-state index in [0.29, 0.717) is 11.4 Å². The monoisotopic (exact) mass is 342 g/mol. The van der Waals surface area contributed by atoms with Gasteiger partial charge in [-0.15, -0.1) is 11.8 Å². The van der Waals surface area contributed by atoms with Gasteiger partial charge in [0.1, 0.15) is 17.2 Å². The van der Waals surface area contributed by atoms with Gasteiger partial charge >= 0.3 is 0 Å². The summed E-state index contributed by atoms with van der Waals surface area (Å²) in [6, 6.07) is 15.9. The molecule has 0 fully saturated rings. The topological polar surface area (TPSA) is 78.4 Å². The largest absolute Gasteiger partial charge is 0.496 e. The standard InChI is InChI=1S/C17H14N2O4S/c1-22-17-5-3-2-4-15(17)16-10-13(23-18-16)11-24-14-8-6-12(7-9-14)19(20)21/h2-10H,11H2,1H3. The SMILES string of the molecule is COc1ccccc1-c1cc(CSc2ccc([N+](=O)[O-])cc2)on1. The van der Waals surface area contributed by atoms with Crippen LogP contribution >= 0.6 is 11.8 Å². The summed E-state index contributed by atoms with van der Waals surface area (Å²) in [7, 11) is 1.62. The molecule has 0 saturated carbocycles. The summed E-state index contributed by atoms with van der Waals surface area (Å²) < 4.78 is 10.7. The van der Waals surface area contributed by atoms with Crippen molar-refractivity contribution in [3.8, 4) is 17.0 Å². The van der Waals surface area contributed by atoms with Crippen molar-refractivity contribution in [2.45, 2.75) is 10.6 Å². The summed E-state index contributed by atoms with van der Waals surface area (Å²) in [5, 5.41) is 14.7. The number of rotatable bonds is 6. The summed E-state index contributed by atoms with van der Waals surface area (Å²) in [4.78, 5) is 11.2. The minimum absolute atomic E-state index is 0.0810. The van der Waals surface area contributed by atoms with Gasteiger partial charge in [-0.25, -0.2) is 0 Å². The highest BCUT2D eigenvalue weighted by Gasteiger charge is 2.11. The van der Waals surface area contributed by atoms with Crippen LogP contribution in [0.5, 0.6) is 5.75 Å². The maximum Gasteiger partial charge on any atom is 0.269 e. The fraction of sp³-hybridized carbons (Fsp3) is 0.118. The third-order valence-corrected chi connectivity index (χ3v) is 4.40. The lowest BCUT2D eigenvalue weighted by Gasteiger charge is -2.03. The van der Waals surface area contributed by atoms with Gasteiger partial charge in [-0.3, -0.25) is 10.1 Å². The Morgan fingerprint density at radius 2 is 1.96 bits per heavy atom. The zero-order valence-electron chi connectivity index (χ0n) is 12.8. The Labute approximate surface area is 142 Å². The molecule has 6 nitrogen and oxygen atoms in total. The average Bonchev–Trinajstić information content (AvgIpc) is 3.09. The molecule has 3 aromatic rings. The first-order chi connectivity index (χ1) is 11.7. The average molecular weight is 342 g/mol. The highest BCUT2D eigenvalue weighted by atomic mass is 32.2. The number of nitro groups is 1. The van der Waals surface area contributed by atoms with Crippen molar-refractivity contribution in [3.05, 3.63) is 70.5 Å². The molecule has 1 heterocycles. The van der Waals surface area contributed by atoms with Crippen molar-refractivity contribution in [3.63, 3.8) is 0 Å². The van der Waals surface area contributed by atoms with Crippen LogP contribution in [0.2, 0.25) is 0 Å². The molecule has 0 aliphatic rings. The van der Waals surface area contributed by atoms with Gasteiger partial charge in [-0.1, -0.05) is 17.3 Å². The van der Waals surface area contributed by atoms with Crippen LogP contribution in [-0.2, 0) is 5.75 Å². The first-order valence-electron chi connectivity index (χ1n) is 7.13. The Balaban J connectivity index is 1.69. The molecule has 0 saturated heterocycles. The smallest absolute Gasteiger partial charge is 0.269 e. The quantitative estimate of drug-likeness (QED) is 0.371. The molecule has 0 aliphatic carbocycles. The number of hydrogen-bond donors (Lipinski definition) is 0. The van der Waals surface area contributed by atoms with Gasteiger partial charge in [0.25, 0.3) is 5.69 Å². The molecule has 0 atom stereocenters. The Kier molecular flexibility index (Phi) is 4.81. The van der Waals surface area contributed by atoms with E-state index >= 15 is 0 Å². The number of methoxy groups -OCH3 is 1. The van der Waals surface area contributed by atoms with Crippen molar-refractivity contribution in [2.75, 3.05) is 7.11 Å². The third kappa shape index (κ3) is 3.57. The number of hydrogen-bond acceptors (Lipinski definition) is 6. The van der Waals surface area contributed by atoms with Gasteiger partial charge in [0.15, 0.2) is 0 Å². The molecular weight excluding hydrogens is 328 g/mol. The highest BCUT2D eigenvalue weighted by Crippen LogP contribution is 2.31. The van der Waals surface area contributed by atoms with Crippen LogP contribution in [0.15, 0.2) is 64.0 Å². The fourth-order valence-electron chi connectivity index (χ4n) is 2.18. The molecule has 7 heteroatoms. The van der Waals surface area contributed by atoms with E-state index < -0.39 is 4.92 Å². The van der Waals surface area contributed by atoms with Crippen molar-refractivity contribution >= 4 is 17.4 Å². The predicted octanol–water partition coefficient (Wildman–Crippen LogP) is 4.55. The summed E-state index contributed by atoms with van der Waals surface area (Å²) in [6.45, 7) is 0. The molecule has 0 radical (unpaired) electrons. The number of aromatic nitrogens is 1. The molecule has 122 valence electrons. The molecule has 0 aliphatic heterocycles. The van der Waals surface area contributed by atoms with Crippen LogP contribution in [0, 0.1) is 10.1 Å². The second-order valence-electron chi connectivity index (χ2n) is 4.92. The van der Waals surface area contributed by atoms with E-state index in [-0.39, 0.29) is 5.69 Å². The number of para-hydroxylation sites is 1. The lowest BCUT2D eigenvalue weighted by Crippen LogP contribution is -1.87. The van der Waals surface area contributed by atoms with Crippen molar-refractivity contribution in [1.82, 2.24) is 5.16 Å². The molecule has 2 aromatic carbocycles. The maximum absolute atomic E-state index is 10.6. The van der Waals surface area contributed by atoms with E-state index in [1.165, 1.54) is 23.9 Å². The molecule has 0 amide bonds. The van der Waals surface area contributed by atoms with Gasteiger partial charge in [-0.2, -0.15) is 0 Å². The molecule has 0 bridgehead atoms. The molecule has 0 unspecified atom stereocenters. The first kappa shape index (κ1) is 16.1. The minimum atomic E-state index is -0.412. The van der Waals surface area contributed by atoms with Gasteiger partial charge < -0.3 is 9.26 Å². The van der Waals surface area contributed by atoms with E-state index in [2.05, 4.69) is 5.16 Å². The predicted molar refractivity (Wildman–Crippen MR) is 91.1 cm³/mol. The Bertz CT molecular complexity index is 846. The van der Waals surface area contributed by atoms with Crippen LogP contribution in [0.1, 0.15) is 5.76 Å². The second kappa shape index (κ2) is 7.18. The first-order valence-corrected chi connectivity index (χ1v) is 8.12. The van der Waals surface area contributed by atoms with Gasteiger partial charge in [0.05, 0.1) is 17.8 Å². The van der Waals surface area contributed by atoms with E-state index in [1.807, 2.05) is 30.3 Å². The van der Waals surface area contributed by atoms with Crippen molar-refractivity contribution in [2.24, 2.45) is 0 Å². The second-order valence-corrected chi connectivity index (χ2v) is 5.97. The fourth-order valence-corrected chi connectivity index (χ4v) is 2.96. The number of nitrogens with zero attached hydrogens (tertiary/aromatic N) is 2. The van der Waals surface area contributed by atoms with Crippen molar-refractivity contribution in [1.29, 1.82) is 0 Å². The number of thioether (sulfide) groups is 1. The van der Waals surface area contributed by atoms with Gasteiger partial charge in [0, 0.05) is 28.7 Å². The van der Waals surface area contributed by atoms with Gasteiger partial charge in [-0.05, 0) is 24.3 Å². The van der Waals surface area contributed by atoms with E-state index in [1.54, 1.807) is 19.2 Å². The normalized spacial score (nSPS) is 10.5. The minimum Gasteiger partial charge on any atom is -0.496 e. The Hall–Kier alpha value is -2.80. The van der Waals surface area contributed by atoms with Crippen LogP contribution in [0.4, 0.5) is 5.69 Å². The highest BCUT2D eigenvalue weighted by molar-refractivity contribution is 7.98. The molecular formula is C17H14N2O4S. The van der Waals surface area contributed by atoms with Crippen molar-refractivity contribution < 1.29 is 14.2 Å². The molecule has 1 aromatic heterocycles. The number of benzene rings is 2. The lowest BCUT2D eigenvalue weighted by atomic mass is 10.1. The zero-order chi connectivity index (χ0) is 16.9. The maximum atomic E-state index is 10.6. The van der Waals surface area contributed by atoms with Crippen LogP contribution in [0.25, 0.3) is 11.3 Å². The molecule has 3 rings (SSSR count). The van der Waals surface area contributed by atoms with Crippen LogP contribution < -0.4 is 4.74 Å². The summed E-state index contributed by atoms with van der Waals surface area (Å²) in [5.74, 6) is 2.04. The number of non-ortho nitro benzene ring substituents is 1. The summed E-state index contributed by atoms with van der Waals surface area (Å²) in [6.07, 6.45) is 0. The zero-order valence-corrected chi connectivity index (χ0v) is 13.7. The van der Waals surface area contributed by atoms with Crippen LogP contribution in [-0.4, -0.2) is 17.2 Å². The summed E-state index contributed by atoms with van der Waals surface area (Å²) in [5.41, 5.74) is 1.67. The lowest BCUT2D eigenvalue weighted by molar-refractivity contribution is -0.384. The number of nitro benzene ring substituents is 1. The summed E-state index contributed by atoms with van der Waals surface area (Å²) >= 11 is 1.52. The Morgan fingerprint density at radius 1 is 1.21 bits per heavy atom. The number of ether oxygens (including phenoxy) is 1. The van der Waals surface area contributed by atoms with E-state index in [0.717, 1.165) is 22.0 Å². The Morgan fingerprint density at radius 3 is 2.67 bits per heavy atom. The molecule has 0 spiro atoms. The third-order valence-electron chi connectivity index (χ3n) is 3.37. The van der Waals surface area contributed by atoms with E-state index in [9.17, 15) is 10.1 Å². The molecule has 24 heavy (non-hydrogen) atoms. The van der Waals surface area contributed by atoms with Crippen LogP contribution in [0.3, 0.4) is 0 Å². The molecule has 0 N–H and O–H groups in total.